The number of H-pyrrole nitrogens is 1. The van der Waals surface area contributed by atoms with E-state index in [-0.39, 0.29) is 0 Å². The Bertz CT molecular complexity index is 1110. The first-order chi connectivity index (χ1) is 13.7. The smallest absolute Gasteiger partial charge is 0.180 e. The number of piperidine rings is 1. The number of anilines is 1. The van der Waals surface area contributed by atoms with Gasteiger partial charge in [0, 0.05) is 37.1 Å². The number of imidazole rings is 1. The first kappa shape index (κ1) is 17.3. The van der Waals surface area contributed by atoms with E-state index < -0.39 is 0 Å². The van der Waals surface area contributed by atoms with E-state index in [2.05, 4.69) is 52.9 Å². The van der Waals surface area contributed by atoms with Gasteiger partial charge in [-0.3, -0.25) is 9.50 Å². The molecule has 0 amide bonds. The lowest BCUT2D eigenvalue weighted by atomic mass is 9.86. The van der Waals surface area contributed by atoms with Crippen LogP contribution in [0.3, 0.4) is 0 Å². The van der Waals surface area contributed by atoms with E-state index in [0.29, 0.717) is 17.8 Å². The summed E-state index contributed by atoms with van der Waals surface area (Å²) in [7, 11) is 0. The fourth-order valence-electron chi connectivity index (χ4n) is 4.04. The molecule has 142 valence electrons. The van der Waals surface area contributed by atoms with Gasteiger partial charge >= 0.3 is 0 Å². The number of aromatic nitrogens is 7. The number of rotatable bonds is 3. The lowest BCUT2D eigenvalue weighted by Crippen LogP contribution is -2.42. The average molecular weight is 439 g/mol. The SMILES string of the molecule is C[C@H]1[C@@H](c2cn[nH]c2)CCCN1c1ccnc(-c2cnc3cnc(Br)cn23)n1. The van der Waals surface area contributed by atoms with Gasteiger partial charge in [-0.05, 0) is 47.3 Å². The minimum absolute atomic E-state index is 0.328. The quantitative estimate of drug-likeness (QED) is 0.526. The number of nitrogens with zero attached hydrogens (tertiary/aromatic N) is 7. The van der Waals surface area contributed by atoms with Crippen LogP contribution in [0.2, 0.25) is 0 Å². The van der Waals surface area contributed by atoms with Crippen LogP contribution >= 0.6 is 15.9 Å². The maximum atomic E-state index is 4.88. The molecular weight excluding hydrogens is 420 g/mol. The van der Waals surface area contributed by atoms with Crippen LogP contribution in [-0.4, -0.2) is 47.1 Å². The molecule has 5 heterocycles. The Morgan fingerprint density at radius 2 is 2.11 bits per heavy atom. The topological polar surface area (TPSA) is 87.9 Å². The molecule has 4 aromatic heterocycles. The van der Waals surface area contributed by atoms with E-state index in [1.54, 1.807) is 12.4 Å². The maximum absolute atomic E-state index is 4.88. The number of aromatic amines is 1. The number of hydrogen-bond acceptors (Lipinski definition) is 6. The molecule has 0 aromatic carbocycles. The van der Waals surface area contributed by atoms with Crippen LogP contribution < -0.4 is 4.90 Å². The standard InChI is InChI=1S/C19H19BrN8/c1-12-14(13-7-24-25-8-13)3-2-6-27(12)17-4-5-21-19(26-17)15-9-23-18-10-22-16(20)11-28(15)18/h4-5,7-12,14H,2-3,6H2,1H3,(H,24,25)/t12-,14-/m0/s1. The molecule has 0 bridgehead atoms. The molecule has 1 saturated heterocycles. The molecule has 9 heteroatoms. The second kappa shape index (κ2) is 6.97. The zero-order valence-electron chi connectivity index (χ0n) is 15.3. The monoisotopic (exact) mass is 438 g/mol. The van der Waals surface area contributed by atoms with Crippen molar-refractivity contribution in [3.05, 3.63) is 53.4 Å². The van der Waals surface area contributed by atoms with E-state index in [4.69, 9.17) is 4.98 Å². The number of halogens is 1. The van der Waals surface area contributed by atoms with Crippen LogP contribution in [0.5, 0.6) is 0 Å². The molecular formula is C19H19BrN8. The Morgan fingerprint density at radius 1 is 1.18 bits per heavy atom. The van der Waals surface area contributed by atoms with Gasteiger partial charge in [-0.15, -0.1) is 0 Å². The van der Waals surface area contributed by atoms with Gasteiger partial charge in [0.25, 0.3) is 0 Å². The summed E-state index contributed by atoms with van der Waals surface area (Å²) < 4.78 is 2.69. The van der Waals surface area contributed by atoms with Crippen molar-refractivity contribution in [2.24, 2.45) is 0 Å². The Labute approximate surface area is 170 Å². The zero-order chi connectivity index (χ0) is 19.1. The van der Waals surface area contributed by atoms with E-state index in [0.717, 1.165) is 41.1 Å². The van der Waals surface area contributed by atoms with Gasteiger partial charge in [0.05, 0.1) is 18.6 Å². The van der Waals surface area contributed by atoms with Gasteiger partial charge in [-0.2, -0.15) is 5.10 Å². The average Bonchev–Trinajstić information content (AvgIpc) is 3.38. The number of fused-ring (bicyclic) bond motifs is 1. The molecule has 0 aliphatic carbocycles. The van der Waals surface area contributed by atoms with Crippen molar-refractivity contribution in [2.75, 3.05) is 11.4 Å². The van der Waals surface area contributed by atoms with Crippen molar-refractivity contribution in [3.63, 3.8) is 0 Å². The molecule has 8 nitrogen and oxygen atoms in total. The van der Waals surface area contributed by atoms with Gasteiger partial charge in [0.2, 0.25) is 0 Å². The molecule has 2 atom stereocenters. The van der Waals surface area contributed by atoms with Gasteiger partial charge in [-0.25, -0.2) is 19.9 Å². The molecule has 0 radical (unpaired) electrons. The van der Waals surface area contributed by atoms with Gasteiger partial charge < -0.3 is 4.90 Å². The van der Waals surface area contributed by atoms with Gasteiger partial charge in [-0.1, -0.05) is 0 Å². The third-order valence-corrected chi connectivity index (χ3v) is 5.87. The van der Waals surface area contributed by atoms with Crippen LogP contribution in [0.1, 0.15) is 31.2 Å². The molecule has 1 aliphatic heterocycles. The van der Waals surface area contributed by atoms with E-state index in [1.165, 1.54) is 5.56 Å². The molecule has 0 unspecified atom stereocenters. The summed E-state index contributed by atoms with van der Waals surface area (Å²) in [6.45, 7) is 3.24. The normalized spacial score (nSPS) is 20.0. The highest BCUT2D eigenvalue weighted by Gasteiger charge is 2.30. The predicted octanol–water partition coefficient (Wildman–Crippen LogP) is 3.44. The van der Waals surface area contributed by atoms with Crippen molar-refractivity contribution < 1.29 is 0 Å². The molecule has 0 saturated carbocycles. The highest BCUT2D eigenvalue weighted by Crippen LogP contribution is 2.34. The fraction of sp³-hybridized carbons (Fsp3) is 0.316. The number of hydrogen-bond donors (Lipinski definition) is 1. The summed E-state index contributed by atoms with van der Waals surface area (Å²) >= 11 is 3.42. The first-order valence-electron chi connectivity index (χ1n) is 9.28. The Hall–Kier alpha value is -2.81. The van der Waals surface area contributed by atoms with Crippen molar-refractivity contribution in [2.45, 2.75) is 31.7 Å². The largest absolute Gasteiger partial charge is 0.353 e. The Morgan fingerprint density at radius 3 is 2.96 bits per heavy atom. The van der Waals surface area contributed by atoms with Gasteiger partial charge in [0.1, 0.15) is 16.1 Å². The Kier molecular flexibility index (Phi) is 4.31. The molecule has 28 heavy (non-hydrogen) atoms. The summed E-state index contributed by atoms with van der Waals surface area (Å²) in [5.74, 6) is 2.03. The van der Waals surface area contributed by atoms with Crippen molar-refractivity contribution in [3.8, 4) is 11.5 Å². The van der Waals surface area contributed by atoms with Crippen molar-refractivity contribution >= 4 is 27.4 Å². The summed E-state index contributed by atoms with van der Waals surface area (Å²) in [6.07, 6.45) is 13.4. The molecule has 1 N–H and O–H groups in total. The zero-order valence-corrected chi connectivity index (χ0v) is 16.9. The van der Waals surface area contributed by atoms with E-state index in [9.17, 15) is 0 Å². The lowest BCUT2D eigenvalue weighted by molar-refractivity contribution is 0.420. The number of nitrogens with one attached hydrogen (secondary N) is 1. The van der Waals surface area contributed by atoms with Crippen LogP contribution in [0, 0.1) is 0 Å². The summed E-state index contributed by atoms with van der Waals surface area (Å²) in [5, 5.41) is 7.06. The molecule has 1 fully saturated rings. The highest BCUT2D eigenvalue weighted by atomic mass is 79.9. The second-order valence-electron chi connectivity index (χ2n) is 7.03. The second-order valence-corrected chi connectivity index (χ2v) is 7.85. The van der Waals surface area contributed by atoms with E-state index >= 15 is 0 Å². The van der Waals surface area contributed by atoms with Crippen molar-refractivity contribution in [1.82, 2.24) is 34.5 Å². The molecule has 0 spiro atoms. The molecule has 4 aromatic rings. The molecule has 1 aliphatic rings. The minimum Gasteiger partial charge on any atom is -0.353 e. The summed E-state index contributed by atoms with van der Waals surface area (Å²) in [4.78, 5) is 20.4. The predicted molar refractivity (Wildman–Crippen MR) is 109 cm³/mol. The third kappa shape index (κ3) is 2.95. The van der Waals surface area contributed by atoms with Crippen molar-refractivity contribution in [1.29, 1.82) is 0 Å². The van der Waals surface area contributed by atoms with E-state index in [1.807, 2.05) is 35.3 Å². The Balaban J connectivity index is 1.51. The van der Waals surface area contributed by atoms with Crippen LogP contribution in [0.4, 0.5) is 5.82 Å². The van der Waals surface area contributed by atoms with Crippen LogP contribution in [0.25, 0.3) is 17.2 Å². The minimum atomic E-state index is 0.328. The lowest BCUT2D eigenvalue weighted by Gasteiger charge is -2.40. The summed E-state index contributed by atoms with van der Waals surface area (Å²) in [6, 6.07) is 2.31. The van der Waals surface area contributed by atoms with Crippen LogP contribution in [-0.2, 0) is 0 Å². The molecule has 5 rings (SSSR count). The van der Waals surface area contributed by atoms with Crippen LogP contribution in [0.15, 0.2) is 47.9 Å². The summed E-state index contributed by atoms with van der Waals surface area (Å²) in [5.41, 5.74) is 2.86. The first-order valence-corrected chi connectivity index (χ1v) is 10.1. The fourth-order valence-corrected chi connectivity index (χ4v) is 4.35. The maximum Gasteiger partial charge on any atom is 0.180 e. The van der Waals surface area contributed by atoms with Gasteiger partial charge in [0.15, 0.2) is 11.5 Å². The third-order valence-electron chi connectivity index (χ3n) is 5.46. The highest BCUT2D eigenvalue weighted by molar-refractivity contribution is 9.10.